The van der Waals surface area contributed by atoms with Gasteiger partial charge in [0.1, 0.15) is 5.09 Å². The summed E-state index contributed by atoms with van der Waals surface area (Å²) >= 11 is 1.45. The molecule has 0 aromatic heterocycles. The first kappa shape index (κ1) is 15.9. The number of thioether (sulfide) groups is 1. The molecule has 0 spiro atoms. The average molecular weight is 222 g/mol. The minimum absolute atomic E-state index is 0.127. The van der Waals surface area contributed by atoms with E-state index in [1.165, 1.54) is 11.8 Å². The maximum Gasteiger partial charge on any atom is 0.304 e. The van der Waals surface area contributed by atoms with Gasteiger partial charge in [0.05, 0.1) is 13.0 Å². The summed E-state index contributed by atoms with van der Waals surface area (Å²) in [5, 5.41) is 0.749. The molecule has 2 nitrogen and oxygen atoms in total. The van der Waals surface area contributed by atoms with Gasteiger partial charge in [-0.2, -0.15) is 4.39 Å². The molecule has 0 atom stereocenters. The molecule has 14 heavy (non-hydrogen) atoms. The van der Waals surface area contributed by atoms with Crippen molar-refractivity contribution in [1.29, 1.82) is 0 Å². The third-order valence-electron chi connectivity index (χ3n) is 1.11. The van der Waals surface area contributed by atoms with Crippen LogP contribution in [0.2, 0.25) is 0 Å². The summed E-state index contributed by atoms with van der Waals surface area (Å²) in [6.07, 6.45) is 4.48. The van der Waals surface area contributed by atoms with Crippen molar-refractivity contribution in [3.05, 3.63) is 11.2 Å². The lowest BCUT2D eigenvalue weighted by Crippen LogP contribution is -1.97. The van der Waals surface area contributed by atoms with Gasteiger partial charge in [0.2, 0.25) is 0 Å². The molecular formula is C10H19FO2S. The second-order valence-corrected chi connectivity index (χ2v) is 2.90. The van der Waals surface area contributed by atoms with E-state index in [0.29, 0.717) is 0 Å². The summed E-state index contributed by atoms with van der Waals surface area (Å²) in [5.41, 5.74) is 0. The predicted molar refractivity (Wildman–Crippen MR) is 59.9 cm³/mol. The fraction of sp³-hybridized carbons (Fsp3) is 0.700. The first-order valence-electron chi connectivity index (χ1n) is 4.76. The number of ether oxygens (including phenoxy) is 1. The number of hydrogen-bond donors (Lipinski definition) is 0. The van der Waals surface area contributed by atoms with E-state index >= 15 is 0 Å². The van der Waals surface area contributed by atoms with Crippen LogP contribution in [-0.4, -0.2) is 18.9 Å². The molecule has 0 bridgehead atoms. The maximum atomic E-state index is 11.7. The van der Waals surface area contributed by atoms with Gasteiger partial charge in [-0.05, 0) is 18.8 Å². The Labute approximate surface area is 89.9 Å². The summed E-state index contributed by atoms with van der Waals surface area (Å²) in [4.78, 5) is 9.90. The Kier molecular flexibility index (Phi) is 14.2. The molecule has 0 aromatic carbocycles. The molecule has 0 unspecified atom stereocenters. The molecule has 0 amide bonds. The Balaban J connectivity index is 0. The van der Waals surface area contributed by atoms with E-state index in [4.69, 9.17) is 4.74 Å². The van der Waals surface area contributed by atoms with E-state index < -0.39 is 6.04 Å². The van der Waals surface area contributed by atoms with Crippen molar-refractivity contribution in [3.63, 3.8) is 0 Å². The second-order valence-electron chi connectivity index (χ2n) is 2.09. The van der Waals surface area contributed by atoms with Gasteiger partial charge in [-0.25, -0.2) is 0 Å². The molecule has 0 rings (SSSR count). The highest BCUT2D eigenvalue weighted by atomic mass is 32.2. The quantitative estimate of drug-likeness (QED) is 0.508. The van der Waals surface area contributed by atoms with Gasteiger partial charge in [0.25, 0.3) is 0 Å². The minimum atomic E-state index is -1.33. The number of rotatable bonds is 6. The lowest BCUT2D eigenvalue weighted by Gasteiger charge is -2.05. The zero-order valence-corrected chi connectivity index (χ0v) is 10.1. The van der Waals surface area contributed by atoms with Gasteiger partial charge in [0, 0.05) is 0 Å². The van der Waals surface area contributed by atoms with Crippen molar-refractivity contribution in [3.8, 4) is 0 Å². The zero-order chi connectivity index (χ0) is 11.4. The summed E-state index contributed by atoms with van der Waals surface area (Å²) in [7, 11) is 0. The van der Waals surface area contributed by atoms with E-state index in [2.05, 4.69) is 0 Å². The van der Waals surface area contributed by atoms with Crippen LogP contribution < -0.4 is 0 Å². The molecule has 0 aromatic rings. The normalized spacial score (nSPS) is 10.2. The molecule has 4 heteroatoms. The number of allylic oxidation sites excluding steroid dienone is 1. The molecule has 0 saturated heterocycles. The van der Waals surface area contributed by atoms with E-state index in [9.17, 15) is 9.18 Å². The Morgan fingerprint density at radius 3 is 2.43 bits per heavy atom. The van der Waals surface area contributed by atoms with Gasteiger partial charge >= 0.3 is 6.04 Å². The van der Waals surface area contributed by atoms with Crippen LogP contribution in [0.25, 0.3) is 0 Å². The Morgan fingerprint density at radius 2 is 2.07 bits per heavy atom. The molecule has 0 aliphatic carbocycles. The van der Waals surface area contributed by atoms with Crippen LogP contribution in [0.3, 0.4) is 0 Å². The fourth-order valence-corrected chi connectivity index (χ4v) is 1.13. The van der Waals surface area contributed by atoms with Gasteiger partial charge in [0.15, 0.2) is 0 Å². The molecule has 0 saturated carbocycles. The summed E-state index contributed by atoms with van der Waals surface area (Å²) in [5.74, 6) is 0. The van der Waals surface area contributed by atoms with E-state index in [-0.39, 0.29) is 13.0 Å². The van der Waals surface area contributed by atoms with Crippen LogP contribution in [0.5, 0.6) is 0 Å². The number of hydrogen-bond acceptors (Lipinski definition) is 3. The first-order chi connectivity index (χ1) is 6.70. The van der Waals surface area contributed by atoms with E-state index in [1.807, 2.05) is 33.1 Å². The Hall–Kier alpha value is -0.510. The molecule has 0 N–H and O–H groups in total. The summed E-state index contributed by atoms with van der Waals surface area (Å²) in [6, 6.07) is -1.33. The Morgan fingerprint density at radius 1 is 1.50 bits per heavy atom. The van der Waals surface area contributed by atoms with Gasteiger partial charge in [-0.3, -0.25) is 4.79 Å². The third-order valence-corrected chi connectivity index (χ3v) is 1.80. The highest BCUT2D eigenvalue weighted by Crippen LogP contribution is 2.13. The Bertz CT molecular complexity index is 170. The molecule has 0 aliphatic rings. The van der Waals surface area contributed by atoms with Gasteiger partial charge < -0.3 is 4.74 Å². The molecule has 0 aliphatic heterocycles. The smallest absolute Gasteiger partial charge is 0.304 e. The SMILES string of the molecule is CC.CC/C=C(/OCCC(=O)F)SC. The molecule has 0 fully saturated rings. The number of halogens is 1. The summed E-state index contributed by atoms with van der Waals surface area (Å²) in [6.45, 7) is 6.11. The van der Waals surface area contributed by atoms with Crippen LogP contribution >= 0.6 is 11.8 Å². The highest BCUT2D eigenvalue weighted by molar-refractivity contribution is 8.02. The first-order valence-corrected chi connectivity index (χ1v) is 5.98. The van der Waals surface area contributed by atoms with Crippen molar-refractivity contribution < 1.29 is 13.9 Å². The second kappa shape index (κ2) is 12.5. The molecular weight excluding hydrogens is 203 g/mol. The lowest BCUT2D eigenvalue weighted by molar-refractivity contribution is -0.130. The topological polar surface area (TPSA) is 26.3 Å². The average Bonchev–Trinajstić information content (AvgIpc) is 2.19. The van der Waals surface area contributed by atoms with Gasteiger partial charge in [-0.15, -0.1) is 0 Å². The van der Waals surface area contributed by atoms with Crippen molar-refractivity contribution in [2.45, 2.75) is 33.6 Å². The lowest BCUT2D eigenvalue weighted by atomic mass is 10.5. The zero-order valence-electron chi connectivity index (χ0n) is 9.30. The van der Waals surface area contributed by atoms with E-state index in [0.717, 1.165) is 11.5 Å². The number of carbonyl (C=O) groups is 1. The van der Waals surface area contributed by atoms with Crippen LogP contribution in [0, 0.1) is 0 Å². The monoisotopic (exact) mass is 222 g/mol. The number of carbonyl (C=O) groups excluding carboxylic acids is 1. The standard InChI is InChI=1S/C8H13FO2S.C2H6/c1-3-4-8(12-2)11-6-5-7(9)10;1-2/h4H,3,5-6H2,1-2H3;1-2H3/b8-4-;. The third kappa shape index (κ3) is 11.5. The van der Waals surface area contributed by atoms with Crippen LogP contribution in [0.4, 0.5) is 4.39 Å². The van der Waals surface area contributed by atoms with Crippen molar-refractivity contribution in [1.82, 2.24) is 0 Å². The van der Waals surface area contributed by atoms with Gasteiger partial charge in [-0.1, -0.05) is 32.5 Å². The predicted octanol–water partition coefficient (Wildman–Crippen LogP) is 3.53. The van der Waals surface area contributed by atoms with Crippen LogP contribution in [-0.2, 0) is 9.53 Å². The van der Waals surface area contributed by atoms with Crippen molar-refractivity contribution >= 4 is 17.8 Å². The fourth-order valence-electron chi connectivity index (χ4n) is 0.600. The highest BCUT2D eigenvalue weighted by Gasteiger charge is 1.99. The van der Waals surface area contributed by atoms with Crippen molar-refractivity contribution in [2.24, 2.45) is 0 Å². The molecule has 0 heterocycles. The minimum Gasteiger partial charge on any atom is -0.487 e. The van der Waals surface area contributed by atoms with Crippen LogP contribution in [0.1, 0.15) is 33.6 Å². The van der Waals surface area contributed by atoms with Crippen LogP contribution in [0.15, 0.2) is 11.2 Å². The molecule has 84 valence electrons. The van der Waals surface area contributed by atoms with E-state index in [1.54, 1.807) is 0 Å². The largest absolute Gasteiger partial charge is 0.487 e. The summed E-state index contributed by atoms with van der Waals surface area (Å²) < 4.78 is 16.8. The molecule has 0 radical (unpaired) electrons. The maximum absolute atomic E-state index is 11.7. The van der Waals surface area contributed by atoms with Crippen molar-refractivity contribution in [2.75, 3.05) is 12.9 Å².